The molecule has 1 rings (SSSR count). The Morgan fingerprint density at radius 3 is 2.07 bits per heavy atom. The Labute approximate surface area is 103 Å². The van der Waals surface area contributed by atoms with Gasteiger partial charge in [-0.25, -0.2) is 8.78 Å². The molecular formula is C7H2F2NNaO2S. The van der Waals surface area contributed by atoms with E-state index in [0.717, 1.165) is 0 Å². The smallest absolute Gasteiger partial charge is 0.768 e. The van der Waals surface area contributed by atoms with Crippen LogP contribution in [0, 0.1) is 23.0 Å². The number of hydrogen-bond acceptors (Lipinski definition) is 3. The number of nitriles is 1. The molecule has 0 aliphatic rings. The van der Waals surface area contributed by atoms with E-state index in [-0.39, 0.29) is 35.1 Å². The third-order valence-corrected chi connectivity index (χ3v) is 2.02. The number of rotatable bonds is 1. The molecule has 68 valence electrons. The molecule has 0 aliphatic heterocycles. The minimum Gasteiger partial charge on any atom is -0.768 e. The maximum absolute atomic E-state index is 12.8. The van der Waals surface area contributed by atoms with Crippen LogP contribution in [0.5, 0.6) is 0 Å². The first kappa shape index (κ1) is 13.7. The molecular weight excluding hydrogens is 223 g/mol. The van der Waals surface area contributed by atoms with E-state index in [1.165, 1.54) is 6.07 Å². The summed E-state index contributed by atoms with van der Waals surface area (Å²) in [6.07, 6.45) is 0. The van der Waals surface area contributed by atoms with Crippen LogP contribution in [0.4, 0.5) is 8.78 Å². The molecule has 1 unspecified atom stereocenters. The van der Waals surface area contributed by atoms with E-state index in [0.29, 0.717) is 12.1 Å². The van der Waals surface area contributed by atoms with Crippen molar-refractivity contribution in [3.05, 3.63) is 29.3 Å². The standard InChI is InChI=1S/C7H3F2NO2S.Na/c8-5-1-4(3-10)2-6(9)7(5)13(11)12;/h1-2H,(H,11,12);/q;+1/p-1. The predicted octanol–water partition coefficient (Wildman–Crippen LogP) is -1.92. The largest absolute Gasteiger partial charge is 1.00 e. The Hall–Kier alpha value is -0.320. The molecule has 0 N–H and O–H groups in total. The number of halogens is 2. The Morgan fingerprint density at radius 2 is 1.79 bits per heavy atom. The molecule has 0 bridgehead atoms. The van der Waals surface area contributed by atoms with Crippen LogP contribution in [0.2, 0.25) is 0 Å². The molecule has 3 nitrogen and oxygen atoms in total. The Bertz CT molecular complexity index is 396. The minimum absolute atomic E-state index is 0. The summed E-state index contributed by atoms with van der Waals surface area (Å²) < 4.78 is 46.1. The van der Waals surface area contributed by atoms with Gasteiger partial charge in [-0.3, -0.25) is 4.21 Å². The first-order chi connectivity index (χ1) is 6.06. The van der Waals surface area contributed by atoms with Crippen molar-refractivity contribution in [3.8, 4) is 6.07 Å². The predicted molar refractivity (Wildman–Crippen MR) is 38.3 cm³/mol. The summed E-state index contributed by atoms with van der Waals surface area (Å²) in [5.74, 6) is -2.52. The number of hydrogen-bond donors (Lipinski definition) is 0. The molecule has 0 aliphatic carbocycles. The maximum Gasteiger partial charge on any atom is 1.00 e. The van der Waals surface area contributed by atoms with Crippen LogP contribution >= 0.6 is 0 Å². The average molecular weight is 225 g/mol. The number of nitrogens with zero attached hydrogens (tertiary/aromatic N) is 1. The van der Waals surface area contributed by atoms with E-state index >= 15 is 0 Å². The van der Waals surface area contributed by atoms with Crippen LogP contribution < -0.4 is 29.6 Å². The molecule has 0 radical (unpaired) electrons. The molecule has 0 heterocycles. The zero-order valence-electron chi connectivity index (χ0n) is 7.08. The van der Waals surface area contributed by atoms with E-state index in [1.807, 2.05) is 0 Å². The molecule has 0 fully saturated rings. The summed E-state index contributed by atoms with van der Waals surface area (Å²) in [5.41, 5.74) is -0.260. The normalized spacial score (nSPS) is 11.3. The van der Waals surface area contributed by atoms with Crippen molar-refractivity contribution in [1.82, 2.24) is 0 Å². The van der Waals surface area contributed by atoms with Crippen molar-refractivity contribution in [2.24, 2.45) is 0 Å². The van der Waals surface area contributed by atoms with Gasteiger partial charge in [0.25, 0.3) is 0 Å². The van der Waals surface area contributed by atoms with Crippen molar-refractivity contribution in [1.29, 1.82) is 5.26 Å². The summed E-state index contributed by atoms with van der Waals surface area (Å²) in [6.45, 7) is 0. The van der Waals surface area contributed by atoms with Crippen LogP contribution in [0.25, 0.3) is 0 Å². The molecule has 0 aromatic heterocycles. The van der Waals surface area contributed by atoms with Crippen molar-refractivity contribution in [2.45, 2.75) is 4.90 Å². The van der Waals surface area contributed by atoms with Crippen molar-refractivity contribution in [2.75, 3.05) is 0 Å². The van der Waals surface area contributed by atoms with E-state index in [2.05, 4.69) is 0 Å². The monoisotopic (exact) mass is 225 g/mol. The van der Waals surface area contributed by atoms with Gasteiger partial charge < -0.3 is 4.55 Å². The average Bonchev–Trinajstić information content (AvgIpc) is 2.02. The van der Waals surface area contributed by atoms with Crippen molar-refractivity contribution in [3.63, 3.8) is 0 Å². The Morgan fingerprint density at radius 1 is 1.36 bits per heavy atom. The van der Waals surface area contributed by atoms with E-state index in [1.54, 1.807) is 0 Å². The van der Waals surface area contributed by atoms with Crippen molar-refractivity contribution < 1.29 is 47.1 Å². The van der Waals surface area contributed by atoms with Gasteiger partial charge in [0.2, 0.25) is 0 Å². The van der Waals surface area contributed by atoms with Crippen LogP contribution in [-0.4, -0.2) is 8.76 Å². The zero-order valence-corrected chi connectivity index (χ0v) is 9.90. The van der Waals surface area contributed by atoms with Crippen LogP contribution in [0.1, 0.15) is 5.56 Å². The van der Waals surface area contributed by atoms with Gasteiger partial charge in [-0.15, -0.1) is 0 Å². The van der Waals surface area contributed by atoms with Gasteiger partial charge in [0, 0.05) is 0 Å². The summed E-state index contributed by atoms with van der Waals surface area (Å²) in [4.78, 5) is -1.04. The van der Waals surface area contributed by atoms with E-state index in [4.69, 9.17) is 5.26 Å². The van der Waals surface area contributed by atoms with Gasteiger partial charge in [-0.05, 0) is 23.2 Å². The zero-order chi connectivity index (χ0) is 10.0. The summed E-state index contributed by atoms with van der Waals surface area (Å²) >= 11 is -2.97. The first-order valence-corrected chi connectivity index (χ1v) is 4.12. The van der Waals surface area contributed by atoms with Crippen LogP contribution in [0.15, 0.2) is 17.0 Å². The fraction of sp³-hybridized carbons (Fsp3) is 0. The van der Waals surface area contributed by atoms with Crippen molar-refractivity contribution >= 4 is 11.1 Å². The van der Waals surface area contributed by atoms with Gasteiger partial charge in [-0.1, -0.05) is 0 Å². The first-order valence-electron chi connectivity index (χ1n) is 3.04. The Kier molecular flexibility index (Phi) is 5.41. The Balaban J connectivity index is 0.00000169. The van der Waals surface area contributed by atoms with E-state index < -0.39 is 27.6 Å². The third-order valence-electron chi connectivity index (χ3n) is 1.29. The topological polar surface area (TPSA) is 63.9 Å². The molecule has 1 atom stereocenters. The van der Waals surface area contributed by atoms with Crippen LogP contribution in [0.3, 0.4) is 0 Å². The molecule has 0 saturated heterocycles. The van der Waals surface area contributed by atoms with Gasteiger partial charge in [0.15, 0.2) is 0 Å². The second kappa shape index (κ2) is 5.53. The number of benzene rings is 1. The molecule has 0 saturated carbocycles. The summed E-state index contributed by atoms with van der Waals surface area (Å²) in [7, 11) is 0. The quantitative estimate of drug-likeness (QED) is 0.413. The van der Waals surface area contributed by atoms with Gasteiger partial charge in [0.05, 0.1) is 16.5 Å². The third kappa shape index (κ3) is 2.83. The maximum atomic E-state index is 12.8. The summed E-state index contributed by atoms with van der Waals surface area (Å²) in [6, 6.07) is 2.82. The molecule has 1 aromatic rings. The minimum atomic E-state index is -2.97. The second-order valence-electron chi connectivity index (χ2n) is 2.12. The molecule has 0 spiro atoms. The summed E-state index contributed by atoms with van der Waals surface area (Å²) in [5, 5.41) is 8.28. The fourth-order valence-electron chi connectivity index (χ4n) is 0.784. The van der Waals surface area contributed by atoms with Gasteiger partial charge >= 0.3 is 29.6 Å². The van der Waals surface area contributed by atoms with E-state index in [9.17, 15) is 17.5 Å². The molecule has 0 amide bonds. The van der Waals surface area contributed by atoms with Crippen LogP contribution in [-0.2, 0) is 11.1 Å². The molecule has 7 heteroatoms. The second-order valence-corrected chi connectivity index (χ2v) is 2.99. The SMILES string of the molecule is N#Cc1cc(F)c(S(=O)[O-])c(F)c1.[Na+]. The molecule has 14 heavy (non-hydrogen) atoms. The molecule has 1 aromatic carbocycles. The fourth-order valence-corrected chi connectivity index (χ4v) is 1.22. The van der Waals surface area contributed by atoms with Gasteiger partial charge in [-0.2, -0.15) is 5.26 Å². The van der Waals surface area contributed by atoms with Gasteiger partial charge in [0.1, 0.15) is 11.6 Å².